The van der Waals surface area contributed by atoms with Gasteiger partial charge in [-0.05, 0) is 24.4 Å². The standard InChI is InChI=1S/C15H13F3N4/c16-15(17,18)10-6-9(7-21-8-10)14(20)12-2-1-3-13(19)11(12)4-5-22-14/h1-8,22H,19-20H2. The molecule has 2 aromatic rings. The van der Waals surface area contributed by atoms with Crippen LogP contribution in [0.1, 0.15) is 22.3 Å². The molecule has 1 aromatic heterocycles. The number of rotatable bonds is 1. The lowest BCUT2D eigenvalue weighted by Crippen LogP contribution is -2.51. The third-order valence-corrected chi connectivity index (χ3v) is 3.65. The van der Waals surface area contributed by atoms with Crippen LogP contribution in [0.4, 0.5) is 18.9 Å². The van der Waals surface area contributed by atoms with Crippen LogP contribution in [0.15, 0.2) is 42.9 Å². The van der Waals surface area contributed by atoms with Gasteiger partial charge in [0.1, 0.15) is 5.66 Å². The van der Waals surface area contributed by atoms with E-state index >= 15 is 0 Å². The third-order valence-electron chi connectivity index (χ3n) is 3.65. The van der Waals surface area contributed by atoms with Gasteiger partial charge in [-0.25, -0.2) is 0 Å². The topological polar surface area (TPSA) is 77.0 Å². The molecule has 5 N–H and O–H groups in total. The molecule has 1 unspecified atom stereocenters. The van der Waals surface area contributed by atoms with Crippen LogP contribution in [-0.2, 0) is 11.8 Å². The van der Waals surface area contributed by atoms with Gasteiger partial charge < -0.3 is 16.8 Å². The van der Waals surface area contributed by atoms with Gasteiger partial charge in [0, 0.05) is 34.8 Å². The number of anilines is 1. The monoisotopic (exact) mass is 306 g/mol. The fourth-order valence-corrected chi connectivity index (χ4v) is 2.50. The zero-order valence-corrected chi connectivity index (χ0v) is 11.4. The second kappa shape index (κ2) is 4.74. The number of halogens is 3. The Hall–Kier alpha value is -2.54. The van der Waals surface area contributed by atoms with E-state index in [4.69, 9.17) is 11.5 Å². The SMILES string of the molecule is Nc1cccc2c1C=CNC2(N)c1cncc(C(F)(F)F)c1. The summed E-state index contributed by atoms with van der Waals surface area (Å²) in [5.74, 6) is 0. The predicted molar refractivity (Wildman–Crippen MR) is 77.2 cm³/mol. The number of nitrogens with zero attached hydrogens (tertiary/aromatic N) is 1. The maximum atomic E-state index is 12.9. The summed E-state index contributed by atoms with van der Waals surface area (Å²) in [5.41, 5.74) is 12.1. The Balaban J connectivity index is 2.17. The van der Waals surface area contributed by atoms with Crippen LogP contribution in [0.3, 0.4) is 0 Å². The van der Waals surface area contributed by atoms with Crippen molar-refractivity contribution in [3.63, 3.8) is 0 Å². The van der Waals surface area contributed by atoms with Gasteiger partial charge in [0.15, 0.2) is 0 Å². The van der Waals surface area contributed by atoms with Crippen LogP contribution in [-0.4, -0.2) is 4.98 Å². The van der Waals surface area contributed by atoms with Gasteiger partial charge in [-0.3, -0.25) is 4.98 Å². The molecule has 7 heteroatoms. The van der Waals surface area contributed by atoms with Crippen molar-refractivity contribution >= 4 is 11.8 Å². The minimum Gasteiger partial charge on any atom is -0.398 e. The van der Waals surface area contributed by atoms with Crippen LogP contribution in [0.5, 0.6) is 0 Å². The zero-order valence-electron chi connectivity index (χ0n) is 11.4. The molecule has 0 radical (unpaired) electrons. The van der Waals surface area contributed by atoms with Crippen molar-refractivity contribution in [1.82, 2.24) is 10.3 Å². The number of nitrogen functional groups attached to an aromatic ring is 1. The predicted octanol–water partition coefficient (Wildman–Crippen LogP) is 2.42. The summed E-state index contributed by atoms with van der Waals surface area (Å²) >= 11 is 0. The summed E-state index contributed by atoms with van der Waals surface area (Å²) < 4.78 is 38.7. The normalized spacial score (nSPS) is 20.4. The highest BCUT2D eigenvalue weighted by molar-refractivity contribution is 5.71. The second-order valence-electron chi connectivity index (χ2n) is 5.05. The second-order valence-corrected chi connectivity index (χ2v) is 5.05. The molecule has 4 nitrogen and oxygen atoms in total. The molecular weight excluding hydrogens is 293 g/mol. The number of fused-ring (bicyclic) bond motifs is 1. The van der Waals surface area contributed by atoms with Crippen molar-refractivity contribution in [3.05, 3.63) is 65.1 Å². The fourth-order valence-electron chi connectivity index (χ4n) is 2.50. The van der Waals surface area contributed by atoms with Gasteiger partial charge in [0.2, 0.25) is 0 Å². The lowest BCUT2D eigenvalue weighted by atomic mass is 9.86. The van der Waals surface area contributed by atoms with Gasteiger partial charge in [0.05, 0.1) is 5.56 Å². The number of nitrogens with one attached hydrogen (secondary N) is 1. The largest absolute Gasteiger partial charge is 0.417 e. The molecule has 2 heterocycles. The number of pyridine rings is 1. The van der Waals surface area contributed by atoms with E-state index in [1.807, 2.05) is 0 Å². The first-order chi connectivity index (χ1) is 10.3. The molecule has 0 saturated heterocycles. The van der Waals surface area contributed by atoms with Gasteiger partial charge >= 0.3 is 6.18 Å². The van der Waals surface area contributed by atoms with Gasteiger partial charge in [0.25, 0.3) is 0 Å². The molecule has 0 aliphatic carbocycles. The van der Waals surface area contributed by atoms with Gasteiger partial charge in [-0.1, -0.05) is 12.1 Å². The van der Waals surface area contributed by atoms with Crippen LogP contribution >= 0.6 is 0 Å². The van der Waals surface area contributed by atoms with E-state index in [1.54, 1.807) is 30.5 Å². The minimum absolute atomic E-state index is 0.207. The van der Waals surface area contributed by atoms with E-state index in [0.29, 0.717) is 16.8 Å². The number of aromatic nitrogens is 1. The van der Waals surface area contributed by atoms with E-state index < -0.39 is 17.4 Å². The summed E-state index contributed by atoms with van der Waals surface area (Å²) in [6, 6.07) is 6.13. The first kappa shape index (κ1) is 14.4. The average molecular weight is 306 g/mol. The summed E-state index contributed by atoms with van der Waals surface area (Å²) in [4.78, 5) is 3.67. The van der Waals surface area contributed by atoms with Crippen LogP contribution < -0.4 is 16.8 Å². The smallest absolute Gasteiger partial charge is 0.398 e. The Bertz CT molecular complexity index is 755. The highest BCUT2D eigenvalue weighted by Crippen LogP contribution is 2.36. The van der Waals surface area contributed by atoms with Crippen LogP contribution in [0.2, 0.25) is 0 Å². The maximum absolute atomic E-state index is 12.9. The van der Waals surface area contributed by atoms with E-state index in [-0.39, 0.29) is 5.56 Å². The molecule has 1 aromatic carbocycles. The number of hydrogen-bond acceptors (Lipinski definition) is 4. The number of hydrogen-bond donors (Lipinski definition) is 3. The molecular formula is C15H13F3N4. The molecule has 0 amide bonds. The molecule has 1 aliphatic heterocycles. The Morgan fingerprint density at radius 3 is 2.68 bits per heavy atom. The van der Waals surface area contributed by atoms with Crippen molar-refractivity contribution in [2.45, 2.75) is 11.8 Å². The summed E-state index contributed by atoms with van der Waals surface area (Å²) in [6.45, 7) is 0. The molecule has 22 heavy (non-hydrogen) atoms. The van der Waals surface area contributed by atoms with E-state index in [9.17, 15) is 13.2 Å². The lowest BCUT2D eigenvalue weighted by molar-refractivity contribution is -0.137. The molecule has 114 valence electrons. The summed E-state index contributed by atoms with van der Waals surface area (Å²) in [6.07, 6.45) is 0.901. The van der Waals surface area contributed by atoms with Crippen molar-refractivity contribution in [3.8, 4) is 0 Å². The third kappa shape index (κ3) is 2.19. The highest BCUT2D eigenvalue weighted by Gasteiger charge is 2.37. The van der Waals surface area contributed by atoms with Crippen molar-refractivity contribution < 1.29 is 13.2 Å². The summed E-state index contributed by atoms with van der Waals surface area (Å²) in [5, 5.41) is 2.91. The maximum Gasteiger partial charge on any atom is 0.417 e. The molecule has 0 bridgehead atoms. The van der Waals surface area contributed by atoms with E-state index in [2.05, 4.69) is 10.3 Å². The van der Waals surface area contributed by atoms with Crippen LogP contribution in [0, 0.1) is 0 Å². The van der Waals surface area contributed by atoms with Crippen LogP contribution in [0.25, 0.3) is 6.08 Å². The van der Waals surface area contributed by atoms with Gasteiger partial charge in [-0.2, -0.15) is 13.2 Å². The Labute approximate surface area is 124 Å². The first-order valence-electron chi connectivity index (χ1n) is 6.47. The molecule has 1 atom stereocenters. The number of nitrogens with two attached hydrogens (primary N) is 2. The van der Waals surface area contributed by atoms with Crippen molar-refractivity contribution in [2.75, 3.05) is 5.73 Å². The lowest BCUT2D eigenvalue weighted by Gasteiger charge is -2.35. The van der Waals surface area contributed by atoms with Gasteiger partial charge in [-0.15, -0.1) is 0 Å². The Morgan fingerprint density at radius 1 is 1.18 bits per heavy atom. The quantitative estimate of drug-likeness (QED) is 0.707. The molecule has 0 fully saturated rings. The fraction of sp³-hybridized carbons (Fsp3) is 0.133. The first-order valence-corrected chi connectivity index (χ1v) is 6.47. The minimum atomic E-state index is -4.48. The zero-order chi connectivity index (χ0) is 16.0. The molecule has 0 saturated carbocycles. The molecule has 3 rings (SSSR count). The summed E-state index contributed by atoms with van der Waals surface area (Å²) in [7, 11) is 0. The molecule has 0 spiro atoms. The van der Waals surface area contributed by atoms with E-state index in [1.165, 1.54) is 6.20 Å². The van der Waals surface area contributed by atoms with E-state index in [0.717, 1.165) is 12.3 Å². The molecule has 1 aliphatic rings. The van der Waals surface area contributed by atoms with Crippen molar-refractivity contribution in [1.29, 1.82) is 0 Å². The average Bonchev–Trinajstić information content (AvgIpc) is 2.48. The number of alkyl halides is 3. The Morgan fingerprint density at radius 2 is 1.95 bits per heavy atom. The highest BCUT2D eigenvalue weighted by atomic mass is 19.4. The van der Waals surface area contributed by atoms with Crippen molar-refractivity contribution in [2.24, 2.45) is 5.73 Å². The number of benzene rings is 1. The Kier molecular flexibility index (Phi) is 3.10.